The normalized spacial score (nSPS) is 16.1. The summed E-state index contributed by atoms with van der Waals surface area (Å²) in [5.74, 6) is 0.945. The van der Waals surface area contributed by atoms with Crippen molar-refractivity contribution in [1.29, 1.82) is 0 Å². The zero-order valence-corrected chi connectivity index (χ0v) is 25.0. The molecule has 0 radical (unpaired) electrons. The molecule has 10 nitrogen and oxygen atoms in total. The number of aromatic nitrogens is 4. The predicted octanol–water partition coefficient (Wildman–Crippen LogP) is 4.43. The maximum Gasteiger partial charge on any atom is 0.276 e. The van der Waals surface area contributed by atoms with Gasteiger partial charge in [-0.15, -0.1) is 0 Å². The van der Waals surface area contributed by atoms with Crippen LogP contribution in [0.5, 0.6) is 0 Å². The predicted molar refractivity (Wildman–Crippen MR) is 161 cm³/mol. The zero-order chi connectivity index (χ0) is 29.5. The summed E-state index contributed by atoms with van der Waals surface area (Å²) in [4.78, 5) is 11.7. The fraction of sp³-hybridized carbons (Fsp3) is 0.387. The third-order valence-corrected chi connectivity index (χ3v) is 10.2. The molecule has 1 saturated heterocycles. The highest BCUT2D eigenvalue weighted by Crippen LogP contribution is 2.35. The van der Waals surface area contributed by atoms with Crippen LogP contribution in [-0.4, -0.2) is 76.2 Å². The minimum Gasteiger partial charge on any atom is -0.385 e. The van der Waals surface area contributed by atoms with Gasteiger partial charge in [-0.2, -0.15) is 4.98 Å². The van der Waals surface area contributed by atoms with Gasteiger partial charge < -0.3 is 19.1 Å². The van der Waals surface area contributed by atoms with Gasteiger partial charge in [0.05, 0.1) is 22.2 Å². The molecule has 3 aromatic heterocycles. The number of likely N-dealkylation sites (tertiary alicyclic amines) is 1. The number of rotatable bonds is 9. The first-order valence-corrected chi connectivity index (χ1v) is 15.8. The molecule has 5 aromatic rings. The Balaban J connectivity index is 1.27. The van der Waals surface area contributed by atoms with Crippen LogP contribution in [0, 0.1) is 0 Å². The quantitative estimate of drug-likeness (QED) is 0.269. The molecule has 0 atom stereocenters. The Hall–Kier alpha value is -3.64. The number of fused-ring (bicyclic) bond motifs is 3. The van der Waals surface area contributed by atoms with Crippen molar-refractivity contribution < 1.29 is 18.0 Å². The highest BCUT2D eigenvalue weighted by molar-refractivity contribution is 7.89. The molecule has 0 saturated carbocycles. The second-order valence-electron chi connectivity index (χ2n) is 11.2. The molecular formula is C31H36N6O4S. The van der Waals surface area contributed by atoms with Gasteiger partial charge in [-0.1, -0.05) is 42.4 Å². The van der Waals surface area contributed by atoms with Gasteiger partial charge in [0.15, 0.2) is 5.82 Å². The van der Waals surface area contributed by atoms with E-state index >= 15 is 0 Å². The van der Waals surface area contributed by atoms with Gasteiger partial charge in [0.2, 0.25) is 10.0 Å². The highest BCUT2D eigenvalue weighted by atomic mass is 32.2. The van der Waals surface area contributed by atoms with Gasteiger partial charge in [0, 0.05) is 56.4 Å². The summed E-state index contributed by atoms with van der Waals surface area (Å²) in [6, 6.07) is 17.1. The summed E-state index contributed by atoms with van der Waals surface area (Å²) >= 11 is 0. The van der Waals surface area contributed by atoms with E-state index in [0.29, 0.717) is 36.7 Å². The lowest BCUT2D eigenvalue weighted by Crippen LogP contribution is -2.43. The van der Waals surface area contributed by atoms with Crippen molar-refractivity contribution in [3.05, 3.63) is 72.2 Å². The third kappa shape index (κ3) is 5.22. The van der Waals surface area contributed by atoms with Crippen LogP contribution in [-0.2, 0) is 28.6 Å². The van der Waals surface area contributed by atoms with Gasteiger partial charge in [-0.05, 0) is 55.6 Å². The van der Waals surface area contributed by atoms with Crippen LogP contribution < -0.4 is 0 Å². The average molecular weight is 589 g/mol. The SMILES string of the molecule is CCc1noc(-c2cc3c4cc(S(=O)(=O)N(C)C)ccc4n(CCCN4CCC(O)(c5ccccc5)CC4)c3cn2)n1. The number of nitrogens with zero attached hydrogens (tertiary/aromatic N) is 6. The summed E-state index contributed by atoms with van der Waals surface area (Å²) < 4.78 is 34.8. The summed E-state index contributed by atoms with van der Waals surface area (Å²) in [6.45, 7) is 5.25. The number of piperidine rings is 1. The minimum absolute atomic E-state index is 0.239. The summed E-state index contributed by atoms with van der Waals surface area (Å²) in [5, 5.41) is 16.9. The van der Waals surface area contributed by atoms with E-state index in [9.17, 15) is 13.5 Å². The number of hydrogen-bond acceptors (Lipinski definition) is 8. The monoisotopic (exact) mass is 588 g/mol. The Labute approximate surface area is 245 Å². The molecule has 1 N–H and O–H groups in total. The standard InChI is InChI=1S/C31H36N6O4S/c1-4-29-33-30(41-34-29)26-20-25-24-19-23(42(39,40)35(2)3)11-12-27(24)37(28(25)21-32-26)16-8-15-36-17-13-31(38,14-18-36)22-9-6-5-7-10-22/h5-7,9-12,19-21,38H,4,8,13-18H2,1-3H3. The van der Waals surface area contributed by atoms with Gasteiger partial charge in [-0.3, -0.25) is 0 Å². The van der Waals surface area contributed by atoms with E-state index < -0.39 is 15.6 Å². The van der Waals surface area contributed by atoms with Gasteiger partial charge in [-0.25, -0.2) is 17.7 Å². The molecule has 11 heteroatoms. The summed E-state index contributed by atoms with van der Waals surface area (Å²) in [7, 11) is -0.541. The van der Waals surface area contributed by atoms with Crippen molar-refractivity contribution in [2.75, 3.05) is 33.7 Å². The van der Waals surface area contributed by atoms with Crippen molar-refractivity contribution in [3.8, 4) is 11.6 Å². The Morgan fingerprint density at radius 3 is 2.43 bits per heavy atom. The van der Waals surface area contributed by atoms with E-state index in [1.807, 2.05) is 55.6 Å². The molecule has 0 amide bonds. The second-order valence-corrected chi connectivity index (χ2v) is 13.3. The van der Waals surface area contributed by atoms with E-state index in [0.717, 1.165) is 60.0 Å². The Kier molecular flexibility index (Phi) is 7.61. The van der Waals surface area contributed by atoms with E-state index in [1.54, 1.807) is 12.1 Å². The van der Waals surface area contributed by atoms with E-state index in [2.05, 4.69) is 24.6 Å². The van der Waals surface area contributed by atoms with Gasteiger partial charge >= 0.3 is 0 Å². The second kappa shape index (κ2) is 11.2. The first kappa shape index (κ1) is 28.5. The zero-order valence-electron chi connectivity index (χ0n) is 24.2. The Morgan fingerprint density at radius 2 is 1.74 bits per heavy atom. The van der Waals surface area contributed by atoms with Gasteiger partial charge in [0.1, 0.15) is 5.69 Å². The smallest absolute Gasteiger partial charge is 0.276 e. The maximum absolute atomic E-state index is 13.0. The Bertz CT molecular complexity index is 1820. The van der Waals surface area contributed by atoms with Crippen molar-refractivity contribution in [3.63, 3.8) is 0 Å². The average Bonchev–Trinajstić information content (AvgIpc) is 3.61. The molecule has 1 fully saturated rings. The summed E-state index contributed by atoms with van der Waals surface area (Å²) in [6.07, 6.45) is 4.77. The number of aryl methyl sites for hydroxylation is 2. The van der Waals surface area contributed by atoms with Crippen LogP contribution in [0.4, 0.5) is 0 Å². The first-order chi connectivity index (χ1) is 20.2. The topological polar surface area (TPSA) is 118 Å². The lowest BCUT2D eigenvalue weighted by molar-refractivity contribution is -0.0261. The number of pyridine rings is 1. The molecule has 4 heterocycles. The number of benzene rings is 2. The van der Waals surface area contributed by atoms with E-state index in [1.165, 1.54) is 18.4 Å². The number of hydrogen-bond donors (Lipinski definition) is 1. The largest absolute Gasteiger partial charge is 0.385 e. The number of aliphatic hydroxyl groups is 1. The van der Waals surface area contributed by atoms with Crippen LogP contribution in [0.15, 0.2) is 70.2 Å². The molecule has 1 aliphatic rings. The van der Waals surface area contributed by atoms with Crippen molar-refractivity contribution in [2.45, 2.75) is 49.6 Å². The first-order valence-electron chi connectivity index (χ1n) is 14.4. The molecule has 0 bridgehead atoms. The Morgan fingerprint density at radius 1 is 1.00 bits per heavy atom. The fourth-order valence-corrected chi connectivity index (χ4v) is 6.77. The molecule has 0 unspecified atom stereocenters. The van der Waals surface area contributed by atoms with Crippen molar-refractivity contribution >= 4 is 31.8 Å². The van der Waals surface area contributed by atoms with Crippen LogP contribution in [0.1, 0.15) is 37.6 Å². The van der Waals surface area contributed by atoms with E-state index in [4.69, 9.17) is 4.52 Å². The molecule has 220 valence electrons. The fourth-order valence-electron chi connectivity index (χ4n) is 5.84. The van der Waals surface area contributed by atoms with Crippen LogP contribution in [0.2, 0.25) is 0 Å². The summed E-state index contributed by atoms with van der Waals surface area (Å²) in [5.41, 5.74) is 2.63. The molecule has 6 rings (SSSR count). The molecular weight excluding hydrogens is 552 g/mol. The molecule has 0 aliphatic carbocycles. The molecule has 0 spiro atoms. The third-order valence-electron chi connectivity index (χ3n) is 8.36. The van der Waals surface area contributed by atoms with E-state index in [-0.39, 0.29) is 4.90 Å². The van der Waals surface area contributed by atoms with Gasteiger partial charge in [0.25, 0.3) is 5.89 Å². The van der Waals surface area contributed by atoms with Crippen LogP contribution in [0.25, 0.3) is 33.4 Å². The molecule has 2 aromatic carbocycles. The maximum atomic E-state index is 13.0. The van der Waals surface area contributed by atoms with Crippen LogP contribution in [0.3, 0.4) is 0 Å². The minimum atomic E-state index is -3.61. The van der Waals surface area contributed by atoms with Crippen molar-refractivity contribution in [2.24, 2.45) is 0 Å². The molecule has 42 heavy (non-hydrogen) atoms. The lowest BCUT2D eigenvalue weighted by Gasteiger charge is -2.38. The lowest BCUT2D eigenvalue weighted by atomic mass is 9.84. The highest BCUT2D eigenvalue weighted by Gasteiger charge is 2.33. The van der Waals surface area contributed by atoms with Crippen molar-refractivity contribution in [1.82, 2.24) is 28.9 Å². The number of sulfonamides is 1. The van der Waals surface area contributed by atoms with Crippen LogP contribution >= 0.6 is 0 Å². The molecule has 1 aliphatic heterocycles.